The summed E-state index contributed by atoms with van der Waals surface area (Å²) in [7, 11) is 3.51. The number of hydrogen-bond acceptors (Lipinski definition) is 9. The maximum atomic E-state index is 13.7. The molecule has 0 bridgehead atoms. The Morgan fingerprint density at radius 2 is 1.77 bits per heavy atom. The van der Waals surface area contributed by atoms with Gasteiger partial charge in [-0.25, -0.2) is 4.79 Å². The van der Waals surface area contributed by atoms with E-state index in [0.717, 1.165) is 4.47 Å². The molecule has 5 rings (SSSR count). The molecule has 0 aliphatic heterocycles. The van der Waals surface area contributed by atoms with Crippen molar-refractivity contribution < 1.29 is 39.2 Å². The number of aliphatic hydroxyl groups excluding tert-OH is 2. The van der Waals surface area contributed by atoms with Gasteiger partial charge in [0.1, 0.15) is 22.8 Å². The summed E-state index contributed by atoms with van der Waals surface area (Å²) in [5.41, 5.74) is 5.69. The molecule has 1 saturated carbocycles. The van der Waals surface area contributed by atoms with Crippen LogP contribution in [0.4, 0.5) is 16.2 Å². The second kappa shape index (κ2) is 10.0. The summed E-state index contributed by atoms with van der Waals surface area (Å²) < 4.78 is 6.08. The first-order valence-electron chi connectivity index (χ1n) is 12.4. The Labute approximate surface area is 237 Å². The molecule has 0 saturated heterocycles. The van der Waals surface area contributed by atoms with E-state index in [1.165, 1.54) is 0 Å². The SMILES string of the molecule is CN(C)c1cc(NC(=O)Oc2ccc(Br)cc2)c(O)c2c1CC1CC3CC(=O)C(C(N)=O)=C(O)C3C(=O)C1=C2O. The van der Waals surface area contributed by atoms with Crippen molar-refractivity contribution in [1.82, 2.24) is 0 Å². The van der Waals surface area contributed by atoms with Gasteiger partial charge < -0.3 is 30.7 Å². The number of nitrogens with one attached hydrogen (secondary N) is 1. The van der Waals surface area contributed by atoms with Crippen molar-refractivity contribution in [3.05, 3.63) is 62.8 Å². The van der Waals surface area contributed by atoms with Crippen molar-refractivity contribution in [3.8, 4) is 11.5 Å². The average molecular weight is 612 g/mol. The quantitative estimate of drug-likeness (QED) is 0.254. The molecule has 208 valence electrons. The number of carbonyl (C=O) groups is 4. The van der Waals surface area contributed by atoms with Crippen LogP contribution in [-0.4, -0.2) is 53.0 Å². The third-order valence-corrected chi connectivity index (χ3v) is 8.14. The number of allylic oxidation sites excluding steroid dienone is 2. The Morgan fingerprint density at radius 1 is 1.10 bits per heavy atom. The monoisotopic (exact) mass is 611 g/mol. The van der Waals surface area contributed by atoms with Crippen molar-refractivity contribution in [1.29, 1.82) is 0 Å². The van der Waals surface area contributed by atoms with Crippen molar-refractivity contribution in [2.24, 2.45) is 23.5 Å². The first-order valence-corrected chi connectivity index (χ1v) is 13.2. The van der Waals surface area contributed by atoms with Crippen molar-refractivity contribution in [2.75, 3.05) is 24.3 Å². The van der Waals surface area contributed by atoms with E-state index in [1.807, 2.05) is 0 Å². The van der Waals surface area contributed by atoms with Crippen LogP contribution in [-0.2, 0) is 20.8 Å². The number of aromatic hydroxyl groups is 1. The molecule has 6 N–H and O–H groups in total. The van der Waals surface area contributed by atoms with Crippen molar-refractivity contribution in [3.63, 3.8) is 0 Å². The highest BCUT2D eigenvalue weighted by Crippen LogP contribution is 2.52. The molecule has 0 spiro atoms. The van der Waals surface area contributed by atoms with Crippen LogP contribution in [0, 0.1) is 17.8 Å². The number of nitrogens with two attached hydrogens (primary N) is 1. The second-order valence-electron chi connectivity index (χ2n) is 10.3. The Balaban J connectivity index is 1.57. The van der Waals surface area contributed by atoms with Gasteiger partial charge >= 0.3 is 6.09 Å². The molecule has 3 aliphatic rings. The number of phenolic OH excluding ortho intramolecular Hbond substituents is 1. The number of Topliss-reactive ketones (excluding diaryl/α,β-unsaturated/α-hetero) is 2. The van der Waals surface area contributed by atoms with Gasteiger partial charge in [0, 0.05) is 36.2 Å². The lowest BCUT2D eigenvalue weighted by atomic mass is 9.61. The first-order chi connectivity index (χ1) is 18.9. The molecule has 3 aliphatic carbocycles. The number of halogens is 1. The number of hydrogen-bond donors (Lipinski definition) is 5. The first kappa shape index (κ1) is 27.3. The van der Waals surface area contributed by atoms with Crippen molar-refractivity contribution >= 4 is 56.6 Å². The van der Waals surface area contributed by atoms with Crippen LogP contribution in [0.2, 0.25) is 0 Å². The van der Waals surface area contributed by atoms with E-state index >= 15 is 0 Å². The van der Waals surface area contributed by atoms with Gasteiger partial charge in [-0.05, 0) is 60.6 Å². The van der Waals surface area contributed by atoms with Gasteiger partial charge in [0.05, 0.1) is 17.2 Å². The minimum absolute atomic E-state index is 0.0203. The summed E-state index contributed by atoms with van der Waals surface area (Å²) >= 11 is 3.30. The topological polar surface area (TPSA) is 179 Å². The number of phenols is 1. The van der Waals surface area contributed by atoms with Crippen LogP contribution in [0.3, 0.4) is 0 Å². The van der Waals surface area contributed by atoms with Gasteiger partial charge in [-0.1, -0.05) is 15.9 Å². The molecule has 1 fully saturated rings. The van der Waals surface area contributed by atoms with Gasteiger partial charge in [-0.15, -0.1) is 0 Å². The summed E-state index contributed by atoms with van der Waals surface area (Å²) in [5, 5.41) is 35.8. The fourth-order valence-electron chi connectivity index (χ4n) is 5.93. The van der Waals surface area contributed by atoms with Gasteiger partial charge in [0.25, 0.3) is 5.91 Å². The third kappa shape index (κ3) is 4.47. The Hall–Kier alpha value is -4.32. The lowest BCUT2D eigenvalue weighted by molar-refractivity contribution is -0.127. The van der Waals surface area contributed by atoms with Crippen LogP contribution in [0.25, 0.3) is 5.76 Å². The smallest absolute Gasteiger partial charge is 0.417 e. The number of rotatable bonds is 4. The van der Waals surface area contributed by atoms with Crippen LogP contribution in [0.15, 0.2) is 51.7 Å². The molecule has 0 radical (unpaired) electrons. The largest absolute Gasteiger partial charge is 0.511 e. The standard InChI is InChI=1S/C28H26BrN3O8/c1-32(2)17-10-16(31-28(39)40-14-5-3-13(29)4-6-14)23(34)21-15(17)8-11-7-12-9-18(33)22(27(30)38)26(37)20(12)24(35)19(11)25(21)36/h3-6,10-12,20,34,36-37H,7-9H2,1-2H3,(H2,30,38)(H,31,39). The molecule has 40 heavy (non-hydrogen) atoms. The van der Waals surface area contributed by atoms with Crippen LogP contribution < -0.4 is 20.7 Å². The normalized spacial score (nSPS) is 21.8. The Bertz CT molecular complexity index is 1540. The predicted molar refractivity (Wildman–Crippen MR) is 148 cm³/mol. The zero-order valence-corrected chi connectivity index (χ0v) is 23.1. The maximum Gasteiger partial charge on any atom is 0.417 e. The summed E-state index contributed by atoms with van der Waals surface area (Å²) in [5.74, 6) is -6.07. The predicted octanol–water partition coefficient (Wildman–Crippen LogP) is 3.75. The van der Waals surface area contributed by atoms with E-state index in [-0.39, 0.29) is 41.8 Å². The summed E-state index contributed by atoms with van der Waals surface area (Å²) in [6.07, 6.45) is -0.494. The van der Waals surface area contributed by atoms with Gasteiger partial charge in [0.15, 0.2) is 17.3 Å². The van der Waals surface area contributed by atoms with E-state index in [2.05, 4.69) is 21.2 Å². The number of benzene rings is 2. The number of carbonyl (C=O) groups excluding carboxylic acids is 4. The molecule has 0 heterocycles. The zero-order chi connectivity index (χ0) is 29.0. The summed E-state index contributed by atoms with van der Waals surface area (Å²) in [6, 6.07) is 8.08. The fraction of sp³-hybridized carbons (Fsp3) is 0.286. The number of primary amides is 1. The van der Waals surface area contributed by atoms with Gasteiger partial charge in [-0.2, -0.15) is 0 Å². The number of ether oxygens (including phenoxy) is 1. The molecular weight excluding hydrogens is 586 g/mol. The Kier molecular flexibility index (Phi) is 6.82. The summed E-state index contributed by atoms with van der Waals surface area (Å²) in [6.45, 7) is 0. The van der Waals surface area contributed by atoms with Crippen molar-refractivity contribution in [2.45, 2.75) is 19.3 Å². The number of fused-ring (bicyclic) bond motifs is 3. The molecule has 3 atom stereocenters. The van der Waals surface area contributed by atoms with Crippen LogP contribution in [0.1, 0.15) is 24.0 Å². The molecule has 0 aromatic heterocycles. The van der Waals surface area contributed by atoms with Crippen LogP contribution in [0.5, 0.6) is 11.5 Å². The lowest BCUT2D eigenvalue weighted by Crippen LogP contribution is -2.44. The second-order valence-corrected chi connectivity index (χ2v) is 11.2. The van der Waals surface area contributed by atoms with Gasteiger partial charge in [0.2, 0.25) is 0 Å². The minimum atomic E-state index is -1.21. The zero-order valence-electron chi connectivity index (χ0n) is 21.5. The van der Waals surface area contributed by atoms with Gasteiger partial charge in [-0.3, -0.25) is 19.7 Å². The minimum Gasteiger partial charge on any atom is -0.511 e. The average Bonchev–Trinajstić information content (AvgIpc) is 2.86. The molecule has 2 amide bonds. The highest BCUT2D eigenvalue weighted by Gasteiger charge is 2.51. The molecule has 12 heteroatoms. The third-order valence-electron chi connectivity index (χ3n) is 7.61. The van der Waals surface area contributed by atoms with E-state index in [0.29, 0.717) is 11.3 Å². The molecule has 2 aromatic rings. The van der Waals surface area contributed by atoms with Crippen LogP contribution >= 0.6 is 15.9 Å². The molecule has 11 nitrogen and oxygen atoms in total. The lowest BCUT2D eigenvalue weighted by Gasteiger charge is -2.41. The van der Waals surface area contributed by atoms with E-state index in [4.69, 9.17) is 10.5 Å². The van der Waals surface area contributed by atoms with E-state index < -0.39 is 64.2 Å². The van der Waals surface area contributed by atoms with E-state index in [1.54, 1.807) is 49.3 Å². The number of aliphatic hydroxyl groups is 2. The molecule has 3 unspecified atom stereocenters. The number of amides is 2. The maximum absolute atomic E-state index is 13.7. The number of ketones is 2. The molecular formula is C28H26BrN3O8. The molecule has 2 aromatic carbocycles. The Morgan fingerprint density at radius 3 is 2.40 bits per heavy atom. The fourth-order valence-corrected chi connectivity index (χ4v) is 6.19. The van der Waals surface area contributed by atoms with E-state index in [9.17, 15) is 34.5 Å². The highest BCUT2D eigenvalue weighted by atomic mass is 79.9. The summed E-state index contributed by atoms with van der Waals surface area (Å²) in [4.78, 5) is 52.3. The number of anilines is 2. The number of nitrogens with zero attached hydrogens (tertiary/aromatic N) is 1. The highest BCUT2D eigenvalue weighted by molar-refractivity contribution is 9.10.